The van der Waals surface area contributed by atoms with E-state index in [-0.39, 0.29) is 9.13 Å². The Hall–Kier alpha value is -0.660. The average Bonchev–Trinajstić information content (AvgIpc) is 2.06. The number of alkyl halides is 3. The summed E-state index contributed by atoms with van der Waals surface area (Å²) in [6.45, 7) is 1.13. The van der Waals surface area contributed by atoms with E-state index in [1.165, 1.54) is 22.6 Å². The second-order valence-electron chi connectivity index (χ2n) is 2.87. The maximum atomic E-state index is 13.1. The SMILES string of the molecule is CC(=O)c1cc(I)c(F)c(C(F)(F)F)c1. The highest BCUT2D eigenvalue weighted by atomic mass is 127. The summed E-state index contributed by atoms with van der Waals surface area (Å²) in [7, 11) is 0. The number of benzene rings is 1. The summed E-state index contributed by atoms with van der Waals surface area (Å²) in [5.41, 5.74) is -1.55. The fraction of sp³-hybridized carbons (Fsp3) is 0.222. The molecule has 0 bridgehead atoms. The van der Waals surface area contributed by atoms with Crippen LogP contribution in [0.15, 0.2) is 12.1 Å². The van der Waals surface area contributed by atoms with E-state index in [2.05, 4.69) is 0 Å². The van der Waals surface area contributed by atoms with E-state index in [1.807, 2.05) is 0 Å². The molecule has 6 heteroatoms. The van der Waals surface area contributed by atoms with Gasteiger partial charge in [0.25, 0.3) is 0 Å². The van der Waals surface area contributed by atoms with Gasteiger partial charge in [-0.05, 0) is 41.6 Å². The topological polar surface area (TPSA) is 17.1 Å². The van der Waals surface area contributed by atoms with Crippen molar-refractivity contribution < 1.29 is 22.4 Å². The van der Waals surface area contributed by atoms with Crippen molar-refractivity contribution >= 4 is 28.4 Å². The molecule has 0 heterocycles. The van der Waals surface area contributed by atoms with E-state index in [4.69, 9.17) is 0 Å². The number of rotatable bonds is 1. The molecule has 0 atom stereocenters. The number of hydrogen-bond acceptors (Lipinski definition) is 1. The summed E-state index contributed by atoms with van der Waals surface area (Å²) in [6, 6.07) is 1.62. The lowest BCUT2D eigenvalue weighted by molar-refractivity contribution is -0.140. The van der Waals surface area contributed by atoms with Gasteiger partial charge in [-0.3, -0.25) is 4.79 Å². The van der Waals surface area contributed by atoms with E-state index in [0.29, 0.717) is 6.07 Å². The minimum absolute atomic E-state index is 0.145. The Kier molecular flexibility index (Phi) is 3.37. The first kappa shape index (κ1) is 12.4. The van der Waals surface area contributed by atoms with Crippen LogP contribution in [0, 0.1) is 9.39 Å². The van der Waals surface area contributed by atoms with Crippen molar-refractivity contribution in [2.45, 2.75) is 13.1 Å². The molecule has 82 valence electrons. The Morgan fingerprint density at radius 1 is 1.33 bits per heavy atom. The van der Waals surface area contributed by atoms with Gasteiger partial charge >= 0.3 is 6.18 Å². The standard InChI is InChI=1S/C9H5F4IO/c1-4(15)5-2-6(9(11,12)13)8(10)7(14)3-5/h2-3H,1H3. The molecule has 0 aromatic heterocycles. The summed E-state index contributed by atoms with van der Waals surface area (Å²) in [5, 5.41) is 0. The Morgan fingerprint density at radius 2 is 1.87 bits per heavy atom. The zero-order chi connectivity index (χ0) is 11.8. The second-order valence-corrected chi connectivity index (χ2v) is 4.04. The summed E-state index contributed by atoms with van der Waals surface area (Å²) in [4.78, 5) is 10.9. The van der Waals surface area contributed by atoms with Gasteiger partial charge in [-0.2, -0.15) is 13.2 Å². The van der Waals surface area contributed by atoms with Crippen LogP contribution in [-0.4, -0.2) is 5.78 Å². The van der Waals surface area contributed by atoms with Gasteiger partial charge in [0.05, 0.1) is 9.13 Å². The Bertz CT molecular complexity index is 411. The van der Waals surface area contributed by atoms with Crippen molar-refractivity contribution in [2.75, 3.05) is 0 Å². The Morgan fingerprint density at radius 3 is 2.27 bits per heavy atom. The fourth-order valence-electron chi connectivity index (χ4n) is 0.999. The zero-order valence-electron chi connectivity index (χ0n) is 7.45. The zero-order valence-corrected chi connectivity index (χ0v) is 9.61. The molecule has 0 saturated carbocycles. The molecule has 1 rings (SSSR count). The molecule has 1 nitrogen and oxygen atoms in total. The Balaban J connectivity index is 3.45. The third kappa shape index (κ3) is 2.67. The molecule has 0 aliphatic rings. The van der Waals surface area contributed by atoms with E-state index in [9.17, 15) is 22.4 Å². The molecule has 0 unspecified atom stereocenters. The van der Waals surface area contributed by atoms with Crippen LogP contribution in [0.4, 0.5) is 17.6 Å². The normalized spacial score (nSPS) is 11.6. The maximum absolute atomic E-state index is 13.1. The van der Waals surface area contributed by atoms with Crippen molar-refractivity contribution in [3.8, 4) is 0 Å². The third-order valence-electron chi connectivity index (χ3n) is 1.74. The molecule has 1 aromatic carbocycles. The number of carbonyl (C=O) groups excluding carboxylic acids is 1. The van der Waals surface area contributed by atoms with Crippen LogP contribution < -0.4 is 0 Å². The lowest BCUT2D eigenvalue weighted by atomic mass is 10.1. The van der Waals surface area contributed by atoms with Crippen LogP contribution in [0.1, 0.15) is 22.8 Å². The van der Waals surface area contributed by atoms with Gasteiger partial charge in [-0.1, -0.05) is 0 Å². The number of Topliss-reactive ketones (excluding diaryl/α,β-unsaturated/α-hetero) is 1. The number of hydrogen-bond donors (Lipinski definition) is 0. The van der Waals surface area contributed by atoms with Crippen LogP contribution in [0.25, 0.3) is 0 Å². The van der Waals surface area contributed by atoms with Crippen molar-refractivity contribution in [1.29, 1.82) is 0 Å². The molecule has 0 N–H and O–H groups in total. The monoisotopic (exact) mass is 332 g/mol. The average molecular weight is 332 g/mol. The van der Waals surface area contributed by atoms with Crippen LogP contribution in [0.5, 0.6) is 0 Å². The lowest BCUT2D eigenvalue weighted by Crippen LogP contribution is -2.11. The molecule has 15 heavy (non-hydrogen) atoms. The summed E-state index contributed by atoms with van der Waals surface area (Å²) < 4.78 is 49.8. The predicted molar refractivity (Wildman–Crippen MR) is 54.1 cm³/mol. The van der Waals surface area contributed by atoms with Gasteiger partial charge in [0.2, 0.25) is 0 Å². The third-order valence-corrected chi connectivity index (χ3v) is 2.53. The van der Waals surface area contributed by atoms with Crippen molar-refractivity contribution in [1.82, 2.24) is 0 Å². The first-order valence-electron chi connectivity index (χ1n) is 3.80. The van der Waals surface area contributed by atoms with E-state index < -0.39 is 23.3 Å². The first-order valence-corrected chi connectivity index (χ1v) is 4.88. The van der Waals surface area contributed by atoms with Crippen LogP contribution in [0.3, 0.4) is 0 Å². The number of carbonyl (C=O) groups is 1. The van der Waals surface area contributed by atoms with Gasteiger partial charge in [-0.25, -0.2) is 4.39 Å². The molecule has 0 radical (unpaired) electrons. The number of halogens is 5. The van der Waals surface area contributed by atoms with Gasteiger partial charge in [0, 0.05) is 5.56 Å². The summed E-state index contributed by atoms with van der Waals surface area (Å²) in [5.74, 6) is -1.87. The van der Waals surface area contributed by atoms with Crippen molar-refractivity contribution in [3.63, 3.8) is 0 Å². The molecular formula is C9H5F4IO. The van der Waals surface area contributed by atoms with Crippen LogP contribution in [0.2, 0.25) is 0 Å². The van der Waals surface area contributed by atoms with E-state index in [0.717, 1.165) is 13.0 Å². The molecule has 0 amide bonds. The van der Waals surface area contributed by atoms with E-state index >= 15 is 0 Å². The summed E-state index contributed by atoms with van der Waals surface area (Å²) in [6.07, 6.45) is -4.78. The molecule has 0 saturated heterocycles. The second kappa shape index (κ2) is 4.07. The lowest BCUT2D eigenvalue weighted by Gasteiger charge is -2.10. The van der Waals surface area contributed by atoms with Crippen molar-refractivity contribution in [2.24, 2.45) is 0 Å². The highest BCUT2D eigenvalue weighted by Crippen LogP contribution is 2.33. The van der Waals surface area contributed by atoms with Gasteiger partial charge < -0.3 is 0 Å². The van der Waals surface area contributed by atoms with Crippen LogP contribution in [-0.2, 0) is 6.18 Å². The number of ketones is 1. The predicted octanol–water partition coefficient (Wildman–Crippen LogP) is 3.65. The van der Waals surface area contributed by atoms with E-state index in [1.54, 1.807) is 0 Å². The minimum atomic E-state index is -4.78. The summed E-state index contributed by atoms with van der Waals surface area (Å²) >= 11 is 1.42. The molecular weight excluding hydrogens is 327 g/mol. The van der Waals surface area contributed by atoms with Gasteiger partial charge in [0.15, 0.2) is 5.78 Å². The smallest absolute Gasteiger partial charge is 0.295 e. The van der Waals surface area contributed by atoms with Gasteiger partial charge in [0.1, 0.15) is 5.82 Å². The first-order chi connectivity index (χ1) is 6.73. The molecule has 0 fully saturated rings. The molecule has 0 aliphatic heterocycles. The molecule has 1 aromatic rings. The van der Waals surface area contributed by atoms with Crippen molar-refractivity contribution in [3.05, 3.63) is 32.6 Å². The fourth-order valence-corrected chi connectivity index (χ4v) is 1.62. The molecule has 0 aliphatic carbocycles. The van der Waals surface area contributed by atoms with Gasteiger partial charge in [-0.15, -0.1) is 0 Å². The van der Waals surface area contributed by atoms with Crippen LogP contribution >= 0.6 is 22.6 Å². The Labute approximate surface area is 96.6 Å². The highest BCUT2D eigenvalue weighted by Gasteiger charge is 2.35. The largest absolute Gasteiger partial charge is 0.419 e. The molecule has 0 spiro atoms. The minimum Gasteiger partial charge on any atom is -0.295 e. The highest BCUT2D eigenvalue weighted by molar-refractivity contribution is 14.1. The quantitative estimate of drug-likeness (QED) is 0.436. The maximum Gasteiger partial charge on any atom is 0.419 e.